The average molecular weight is 1580 g/mol. The second kappa shape index (κ2) is 33.8. The zero-order valence-corrected chi connectivity index (χ0v) is 61.8. The first-order valence-corrected chi connectivity index (χ1v) is 33.6. The van der Waals surface area contributed by atoms with E-state index in [1.165, 1.54) is 46.1 Å². The van der Waals surface area contributed by atoms with Crippen LogP contribution in [-0.2, 0) is 71.6 Å². The molecule has 12 rings (SSSR count). The molecule has 26 heteroatoms. The van der Waals surface area contributed by atoms with Crippen molar-refractivity contribution in [1.29, 1.82) is 0 Å². The number of nitrogen functional groups attached to an aromatic ring is 2. The number of nitrogens with two attached hydrogens (primary N) is 3. The largest absolute Gasteiger partial charge is 0.460 e. The molecule has 100 heavy (non-hydrogen) atoms. The molecule has 0 saturated heterocycles. The summed E-state index contributed by atoms with van der Waals surface area (Å²) < 4.78 is 60.6. The van der Waals surface area contributed by atoms with Crippen LogP contribution in [0, 0.1) is 35.0 Å². The van der Waals surface area contributed by atoms with Gasteiger partial charge in [-0.2, -0.15) is 0 Å². The van der Waals surface area contributed by atoms with E-state index in [0.29, 0.717) is 121 Å². The van der Waals surface area contributed by atoms with Crippen molar-refractivity contribution in [2.75, 3.05) is 16.8 Å². The SMILES string of the molecule is CC(C)(C)OC(=O)Cc1nc2c(-c3cccc(Cl)c3)c(F)c(Cc3ccc(N)cc3)cc2s1.CC(C)(C)OC(=O)Cc1nc2c(-c3cccc(Cl)c3)c(F)c(Cc3ccc([N+](=O)[O-])cc3)cc2s1.Cl.NC(=O)Nc1ccc(Cc2cc3sc(N)nc3c(-c3cccc(Cl)c3)c2F)cc1.[CH3-].[Pd]. The molecule has 0 spiro atoms. The van der Waals surface area contributed by atoms with Crippen LogP contribution in [0.4, 0.5) is 40.2 Å². The number of carbonyl (C=O) groups is 3. The van der Waals surface area contributed by atoms with Gasteiger partial charge in [-0.3, -0.25) is 19.7 Å². The average Bonchev–Trinajstić information content (AvgIpc) is 1.55. The van der Waals surface area contributed by atoms with Crippen LogP contribution in [0.5, 0.6) is 0 Å². The number of urea groups is 1. The quantitative estimate of drug-likeness (QED) is 0.0187. The normalized spacial score (nSPS) is 11.1. The third-order valence-corrected chi connectivity index (χ3v) is 18.0. The van der Waals surface area contributed by atoms with Crippen molar-refractivity contribution < 1.29 is 62.4 Å². The number of nitrogens with zero attached hydrogens (tertiary/aromatic N) is 4. The van der Waals surface area contributed by atoms with Crippen LogP contribution in [-0.4, -0.2) is 49.0 Å². The van der Waals surface area contributed by atoms with E-state index >= 15 is 13.2 Å². The van der Waals surface area contributed by atoms with Crippen molar-refractivity contribution in [2.45, 2.75) is 84.8 Å². The summed E-state index contributed by atoms with van der Waals surface area (Å²) in [6.45, 7) is 10.8. The van der Waals surface area contributed by atoms with Crippen LogP contribution in [0.15, 0.2) is 164 Å². The fourth-order valence-electron chi connectivity index (χ4n) is 10.5. The summed E-state index contributed by atoms with van der Waals surface area (Å²) in [6.07, 6.45) is 0.997. The van der Waals surface area contributed by atoms with Crippen molar-refractivity contribution in [3.8, 4) is 33.4 Å². The number of aromatic nitrogens is 3. The zero-order chi connectivity index (χ0) is 69.6. The Balaban J connectivity index is 0.000000208. The van der Waals surface area contributed by atoms with Crippen molar-refractivity contribution in [1.82, 2.24) is 15.0 Å². The van der Waals surface area contributed by atoms with Crippen LogP contribution < -0.4 is 22.5 Å². The minimum absolute atomic E-state index is 0. The van der Waals surface area contributed by atoms with E-state index in [2.05, 4.69) is 20.3 Å². The van der Waals surface area contributed by atoms with Gasteiger partial charge in [0.25, 0.3) is 5.69 Å². The molecule has 0 atom stereocenters. The minimum atomic E-state index is -0.636. The van der Waals surface area contributed by atoms with Crippen molar-refractivity contribution in [3.63, 3.8) is 0 Å². The maximum absolute atomic E-state index is 15.9. The molecule has 3 heterocycles. The Morgan fingerprint density at radius 3 is 1.21 bits per heavy atom. The Bertz CT molecular complexity index is 4970. The van der Waals surface area contributed by atoms with Crippen molar-refractivity contribution in [3.05, 3.63) is 257 Å². The van der Waals surface area contributed by atoms with Gasteiger partial charge in [0.2, 0.25) is 0 Å². The van der Waals surface area contributed by atoms with Crippen molar-refractivity contribution >= 4 is 152 Å². The number of nitrogens with one attached hydrogen (secondary N) is 1. The molecular weight excluding hydrogens is 1510 g/mol. The summed E-state index contributed by atoms with van der Waals surface area (Å²) >= 11 is 22.5. The number of esters is 2. The summed E-state index contributed by atoms with van der Waals surface area (Å²) in [7, 11) is 0. The van der Waals surface area contributed by atoms with Gasteiger partial charge in [0.1, 0.15) is 38.7 Å². The van der Waals surface area contributed by atoms with E-state index in [9.17, 15) is 24.5 Å². The first-order chi connectivity index (χ1) is 46.0. The van der Waals surface area contributed by atoms with E-state index in [0.717, 1.165) is 30.8 Å². The third-order valence-electron chi connectivity index (χ3n) is 14.5. The van der Waals surface area contributed by atoms with Gasteiger partial charge in [0.05, 0.1) is 48.4 Å². The number of rotatable bonds is 15. The van der Waals surface area contributed by atoms with Gasteiger partial charge in [-0.05, 0) is 170 Å². The van der Waals surface area contributed by atoms with Crippen molar-refractivity contribution in [2.24, 2.45) is 5.73 Å². The number of non-ortho nitro benzene ring substituents is 1. The number of thiazole rings is 3. The van der Waals surface area contributed by atoms with Crippen LogP contribution in [0.1, 0.15) is 84.9 Å². The number of hydrogen-bond donors (Lipinski definition) is 4. The smallest absolute Gasteiger partial charge is 0.316 e. The van der Waals surface area contributed by atoms with E-state index in [1.54, 1.807) is 136 Å². The molecule has 0 aliphatic heterocycles. The van der Waals surface area contributed by atoms with Gasteiger partial charge < -0.3 is 39.4 Å². The van der Waals surface area contributed by atoms with Gasteiger partial charge in [0, 0.05) is 95.0 Å². The number of ether oxygens (including phenoxy) is 2. The van der Waals surface area contributed by atoms with Gasteiger partial charge in [-0.15, -0.1) is 35.1 Å². The van der Waals surface area contributed by atoms with Gasteiger partial charge in [0.15, 0.2) is 5.13 Å². The molecule has 12 aromatic rings. The molecule has 2 amide bonds. The number of benzene rings is 9. The Morgan fingerprint density at radius 2 is 0.870 bits per heavy atom. The standard InChI is InChI=1S/C26H22ClFN2O4S.C26H24ClFN2O2S.C21H16ClFN4OS.CH3.ClH.Pd/c1-26(2,3)34-22(31)14-21-29-25-20(35-21)13-17(11-15-7-9-19(10-8-15)30(32)33)24(28)23(25)16-5-4-6-18(27)12-16;1-26(2,3)32-22(31)14-21-30-25-20(33-21)13-17(11-15-7-9-19(29)10-8-15)24(28)23(25)16-5-4-6-18(27)12-16;22-14-3-1-2-12(9-14)17-18(23)13(10-16-19(17)27-21(25)29-16)8-11-4-6-15(7-5-11)26-20(24)28;;;/h4-10,12-13H,11,14H2,1-3H3;4-10,12-13H,11,14,29H2,1-3H3;1-7,9-10H,8H2,(H2,25,27)(H3,24,26,28);1H3;1H;/q;;;-1;;. The number of nitro benzene ring substituents is 1. The zero-order valence-electron chi connectivity index (χ0n) is 54.7. The van der Waals surface area contributed by atoms with Crippen LogP contribution in [0.25, 0.3) is 64.0 Å². The fourth-order valence-corrected chi connectivity index (χ4v) is 14.0. The summed E-state index contributed by atoms with van der Waals surface area (Å²) in [5.74, 6) is -1.94. The number of fused-ring (bicyclic) bond motifs is 3. The molecule has 0 fully saturated rings. The predicted octanol–water partition coefficient (Wildman–Crippen LogP) is 20.2. The molecule has 0 radical (unpaired) electrons. The summed E-state index contributed by atoms with van der Waals surface area (Å²) in [4.78, 5) is 59.7. The number of anilines is 3. The van der Waals surface area contributed by atoms with Crippen LogP contribution >= 0.6 is 81.2 Å². The number of hydrogen-bond acceptors (Lipinski definition) is 15. The number of amides is 2. The number of nitro groups is 1. The van der Waals surface area contributed by atoms with E-state index in [1.807, 2.05) is 57.2 Å². The minimum Gasteiger partial charge on any atom is -0.460 e. The maximum atomic E-state index is 15.9. The Hall–Kier alpha value is -8.53. The Morgan fingerprint density at radius 1 is 0.530 bits per heavy atom. The molecule has 0 aliphatic carbocycles. The monoisotopic (exact) mass is 1580 g/mol. The number of primary amides is 1. The molecule has 7 N–H and O–H groups in total. The van der Waals surface area contributed by atoms with Crippen LogP contribution in [0.3, 0.4) is 0 Å². The molecular formula is C74H66Cl4F3N8O7PdS3-. The summed E-state index contributed by atoms with van der Waals surface area (Å²) in [5.41, 5.74) is 25.2. The molecule has 522 valence electrons. The topological polar surface area (TPSA) is 242 Å². The maximum Gasteiger partial charge on any atom is 0.316 e. The number of halogens is 7. The third kappa shape index (κ3) is 20.4. The number of carbonyl (C=O) groups excluding carboxylic acids is 3. The molecule has 15 nitrogen and oxygen atoms in total. The van der Waals surface area contributed by atoms with Gasteiger partial charge in [-0.1, -0.05) is 119 Å². The Labute approximate surface area is 622 Å². The second-order valence-electron chi connectivity index (χ2n) is 24.4. The molecule has 0 bridgehead atoms. The molecule has 3 aromatic heterocycles. The van der Waals surface area contributed by atoms with E-state index in [-0.39, 0.29) is 82.8 Å². The predicted molar refractivity (Wildman–Crippen MR) is 399 cm³/mol. The summed E-state index contributed by atoms with van der Waals surface area (Å²) in [5, 5.41) is 16.4. The van der Waals surface area contributed by atoms with Gasteiger partial charge in [-0.25, -0.2) is 32.9 Å². The molecule has 0 aliphatic rings. The Kier molecular flexibility index (Phi) is 26.6. The molecule has 0 saturated carbocycles. The van der Waals surface area contributed by atoms with Crippen LogP contribution in [0.2, 0.25) is 15.1 Å². The first kappa shape index (κ1) is 78.8. The van der Waals surface area contributed by atoms with E-state index in [4.69, 9.17) is 61.5 Å². The second-order valence-corrected chi connectivity index (χ2v) is 29.0. The van der Waals surface area contributed by atoms with E-state index < -0.39 is 33.9 Å². The van der Waals surface area contributed by atoms with Gasteiger partial charge >= 0.3 is 18.0 Å². The first-order valence-electron chi connectivity index (χ1n) is 30.0. The molecule has 0 unspecified atom stereocenters. The summed E-state index contributed by atoms with van der Waals surface area (Å²) in [6, 6.07) is 46.1. The molecule has 9 aromatic carbocycles. The fraction of sp³-hybridized carbons (Fsp3) is 0.176.